The molecule has 0 radical (unpaired) electrons. The number of benzene rings is 2. The van der Waals surface area contributed by atoms with Crippen LogP contribution in [0.1, 0.15) is 36.4 Å². The third kappa shape index (κ3) is 8.52. The average Bonchev–Trinajstić information content (AvgIpc) is 3.23. The first-order valence-corrected chi connectivity index (χ1v) is 16.4. The highest BCUT2D eigenvalue weighted by Gasteiger charge is 2.51. The zero-order valence-electron chi connectivity index (χ0n) is 23.3. The van der Waals surface area contributed by atoms with Gasteiger partial charge in [-0.1, -0.05) is 42.5 Å². The smallest absolute Gasteiger partial charge is 0.376 e. The lowest BCUT2D eigenvalue weighted by Crippen LogP contribution is -2.34. The van der Waals surface area contributed by atoms with Crippen LogP contribution >= 0.6 is 0 Å². The second kappa shape index (κ2) is 12.5. The molecule has 0 saturated heterocycles. The van der Waals surface area contributed by atoms with Crippen molar-refractivity contribution in [3.8, 4) is 17.0 Å². The maximum absolute atomic E-state index is 14.6. The minimum absolute atomic E-state index is 0.0177. The van der Waals surface area contributed by atoms with Crippen molar-refractivity contribution in [2.75, 3.05) is 12.9 Å². The van der Waals surface area contributed by atoms with Crippen molar-refractivity contribution in [1.82, 2.24) is 9.78 Å². The van der Waals surface area contributed by atoms with Crippen molar-refractivity contribution in [3.05, 3.63) is 65.9 Å². The first-order chi connectivity index (χ1) is 20.7. The van der Waals surface area contributed by atoms with E-state index in [0.29, 0.717) is 5.56 Å². The van der Waals surface area contributed by atoms with Crippen molar-refractivity contribution in [3.63, 3.8) is 0 Å². The number of hydrogen-bond acceptors (Lipinski definition) is 7. The Bertz CT molecular complexity index is 1710. The molecule has 1 fully saturated rings. The zero-order valence-corrected chi connectivity index (χ0v) is 24.9. The molecule has 1 aliphatic rings. The first-order valence-electron chi connectivity index (χ1n) is 13.1. The molecule has 1 saturated carbocycles. The van der Waals surface area contributed by atoms with E-state index < -0.39 is 92.3 Å². The molecular weight excluding hydrogens is 664 g/mol. The number of rotatable bonds is 10. The SMILES string of the molecule is CS(=O)(=O)c1ccc(-c2c([C@@H]3CCC(F)(F)C[C@H]3COCc3ccccc3)nn(CC(F)(F)F)c2OS(=O)(=O)C(F)(F)F)cc1. The van der Waals surface area contributed by atoms with Crippen molar-refractivity contribution >= 4 is 20.0 Å². The standard InChI is InChI=1S/C27H26F8N2O6S2/c1-44(38,39)20-9-7-18(8-10-20)22-23(36-37(16-26(30,31)32)24(22)43-45(40,41)27(33,34)35)21-11-12-25(28,29)13-19(21)15-42-14-17-5-3-2-4-6-17/h2-10,19,21H,11-16H2,1H3/t19-,21+/m0/s1. The van der Waals surface area contributed by atoms with E-state index in [4.69, 9.17) is 4.74 Å². The first kappa shape index (κ1) is 34.6. The molecule has 8 nitrogen and oxygen atoms in total. The number of alkyl halides is 8. The summed E-state index contributed by atoms with van der Waals surface area (Å²) >= 11 is 0. The molecule has 45 heavy (non-hydrogen) atoms. The summed E-state index contributed by atoms with van der Waals surface area (Å²) in [6.45, 7) is -2.47. The van der Waals surface area contributed by atoms with E-state index in [0.717, 1.165) is 30.5 Å². The molecule has 1 aromatic heterocycles. The Morgan fingerprint density at radius 1 is 0.956 bits per heavy atom. The molecule has 1 aliphatic carbocycles. The van der Waals surface area contributed by atoms with Crippen molar-refractivity contribution in [2.24, 2.45) is 5.92 Å². The van der Waals surface area contributed by atoms with Crippen LogP contribution in [0.15, 0.2) is 59.5 Å². The number of aromatic nitrogens is 2. The summed E-state index contributed by atoms with van der Waals surface area (Å²) in [4.78, 5) is -0.273. The Balaban J connectivity index is 1.88. The number of halogens is 8. The maximum Gasteiger partial charge on any atom is 0.534 e. The maximum atomic E-state index is 14.6. The van der Waals surface area contributed by atoms with Crippen LogP contribution in [0.25, 0.3) is 11.1 Å². The molecule has 0 amide bonds. The molecule has 0 aliphatic heterocycles. The van der Waals surface area contributed by atoms with Crippen LogP contribution in [-0.2, 0) is 37.8 Å². The number of hydrogen-bond donors (Lipinski definition) is 0. The normalized spacial score (nSPS) is 19.4. The lowest BCUT2D eigenvalue weighted by Gasteiger charge is -2.35. The highest BCUT2D eigenvalue weighted by atomic mass is 32.2. The molecule has 18 heteroatoms. The minimum atomic E-state index is -6.55. The van der Waals surface area contributed by atoms with E-state index in [1.807, 2.05) is 0 Å². The molecule has 0 N–H and O–H groups in total. The summed E-state index contributed by atoms with van der Waals surface area (Å²) in [5.41, 5.74) is -6.73. The molecule has 2 atom stereocenters. The van der Waals surface area contributed by atoms with Gasteiger partial charge < -0.3 is 8.92 Å². The second-order valence-electron chi connectivity index (χ2n) is 10.6. The summed E-state index contributed by atoms with van der Waals surface area (Å²) in [7, 11) is -10.4. The molecule has 2 aromatic carbocycles. The fourth-order valence-electron chi connectivity index (χ4n) is 5.04. The van der Waals surface area contributed by atoms with Gasteiger partial charge in [-0.25, -0.2) is 21.9 Å². The van der Waals surface area contributed by atoms with Crippen LogP contribution in [0.2, 0.25) is 0 Å². The quantitative estimate of drug-likeness (QED) is 0.136. The van der Waals surface area contributed by atoms with Crippen molar-refractivity contribution in [1.29, 1.82) is 0 Å². The fourth-order valence-corrected chi connectivity index (χ4v) is 6.15. The van der Waals surface area contributed by atoms with Gasteiger partial charge in [-0.3, -0.25) is 0 Å². The summed E-state index contributed by atoms with van der Waals surface area (Å²) in [5.74, 6) is -6.97. The summed E-state index contributed by atoms with van der Waals surface area (Å²) in [6.07, 6.45) is -6.28. The van der Waals surface area contributed by atoms with Gasteiger partial charge in [0.1, 0.15) is 6.54 Å². The van der Waals surface area contributed by atoms with Gasteiger partial charge >= 0.3 is 21.8 Å². The van der Waals surface area contributed by atoms with E-state index >= 15 is 0 Å². The molecule has 4 rings (SSSR count). The molecule has 0 bridgehead atoms. The summed E-state index contributed by atoms with van der Waals surface area (Å²) in [6, 6.07) is 12.6. The van der Waals surface area contributed by atoms with Gasteiger partial charge in [0, 0.05) is 25.0 Å². The highest BCUT2D eigenvalue weighted by Crippen LogP contribution is 2.50. The van der Waals surface area contributed by atoms with E-state index in [-0.39, 0.29) is 28.4 Å². The number of ether oxygens (including phenoxy) is 1. The molecule has 0 spiro atoms. The van der Waals surface area contributed by atoms with Crippen LogP contribution in [0.4, 0.5) is 35.1 Å². The average molecular weight is 691 g/mol. The molecule has 0 unspecified atom stereocenters. The summed E-state index contributed by atoms with van der Waals surface area (Å²) in [5, 5.41) is 3.82. The largest absolute Gasteiger partial charge is 0.534 e. The topological polar surface area (TPSA) is 105 Å². The van der Waals surface area contributed by atoms with E-state index in [1.165, 1.54) is 0 Å². The molecule has 3 aromatic rings. The Labute approximate surface area is 253 Å². The van der Waals surface area contributed by atoms with Gasteiger partial charge in [0.05, 0.1) is 29.4 Å². The molecule has 248 valence electrons. The Kier molecular flexibility index (Phi) is 9.62. The van der Waals surface area contributed by atoms with Crippen LogP contribution in [0.5, 0.6) is 5.88 Å². The van der Waals surface area contributed by atoms with Crippen LogP contribution in [0, 0.1) is 5.92 Å². The van der Waals surface area contributed by atoms with Crippen LogP contribution in [0.3, 0.4) is 0 Å². The zero-order chi connectivity index (χ0) is 33.4. The van der Waals surface area contributed by atoms with Crippen LogP contribution < -0.4 is 4.18 Å². The van der Waals surface area contributed by atoms with E-state index in [9.17, 15) is 52.0 Å². The van der Waals surface area contributed by atoms with E-state index in [1.54, 1.807) is 30.3 Å². The highest BCUT2D eigenvalue weighted by molar-refractivity contribution is 7.90. The number of sulfone groups is 1. The Hall–Kier alpha value is -3.25. The van der Waals surface area contributed by atoms with Gasteiger partial charge in [-0.2, -0.15) is 39.9 Å². The van der Waals surface area contributed by atoms with Crippen LogP contribution in [-0.4, -0.2) is 57.1 Å². The molecular formula is C27H26F8N2O6S2. The van der Waals surface area contributed by atoms with Gasteiger partial charge in [0.25, 0.3) is 0 Å². The second-order valence-corrected chi connectivity index (χ2v) is 14.1. The van der Waals surface area contributed by atoms with Gasteiger partial charge in [-0.05, 0) is 35.6 Å². The predicted molar refractivity (Wildman–Crippen MR) is 144 cm³/mol. The summed E-state index contributed by atoms with van der Waals surface area (Å²) < 4.78 is 168. The lowest BCUT2D eigenvalue weighted by molar-refractivity contribution is -0.143. The Morgan fingerprint density at radius 3 is 2.13 bits per heavy atom. The van der Waals surface area contributed by atoms with Crippen molar-refractivity contribution < 1.29 is 60.9 Å². The predicted octanol–water partition coefficient (Wildman–Crippen LogP) is 6.48. The number of nitrogens with zero attached hydrogens (tertiary/aromatic N) is 2. The van der Waals surface area contributed by atoms with Gasteiger partial charge in [0.15, 0.2) is 9.84 Å². The molecule has 1 heterocycles. The third-order valence-corrected chi connectivity index (χ3v) is 9.12. The van der Waals surface area contributed by atoms with Gasteiger partial charge in [-0.15, -0.1) is 0 Å². The fraction of sp³-hybridized carbons (Fsp3) is 0.444. The lowest BCUT2D eigenvalue weighted by atomic mass is 9.75. The Morgan fingerprint density at radius 2 is 1.58 bits per heavy atom. The van der Waals surface area contributed by atoms with E-state index in [2.05, 4.69) is 9.28 Å². The minimum Gasteiger partial charge on any atom is -0.376 e. The monoisotopic (exact) mass is 690 g/mol. The third-order valence-electron chi connectivity index (χ3n) is 7.05. The van der Waals surface area contributed by atoms with Crippen molar-refractivity contribution in [2.45, 2.75) is 60.8 Å². The van der Waals surface area contributed by atoms with Gasteiger partial charge in [0.2, 0.25) is 11.8 Å².